The van der Waals surface area contributed by atoms with Gasteiger partial charge in [-0.05, 0) is 45.1 Å². The molecule has 0 fully saturated rings. The molecular formula is C14H25N5O. The van der Waals surface area contributed by atoms with Crippen LogP contribution in [-0.4, -0.2) is 54.7 Å². The molecule has 2 N–H and O–H groups in total. The molecule has 0 radical (unpaired) electrons. The van der Waals surface area contributed by atoms with Crippen molar-refractivity contribution in [1.82, 2.24) is 20.4 Å². The van der Waals surface area contributed by atoms with E-state index in [1.807, 2.05) is 14.1 Å². The number of carbonyl (C=O) groups excluding carboxylic acids is 1. The molecule has 1 aromatic heterocycles. The van der Waals surface area contributed by atoms with E-state index in [0.29, 0.717) is 24.0 Å². The van der Waals surface area contributed by atoms with E-state index in [0.717, 1.165) is 19.5 Å². The van der Waals surface area contributed by atoms with Gasteiger partial charge in [-0.2, -0.15) is 0 Å². The lowest BCUT2D eigenvalue weighted by molar-refractivity contribution is 0.0946. The average molecular weight is 279 g/mol. The van der Waals surface area contributed by atoms with Crippen molar-refractivity contribution in [2.24, 2.45) is 5.92 Å². The highest BCUT2D eigenvalue weighted by molar-refractivity contribution is 5.92. The molecule has 1 amide bonds. The largest absolute Gasteiger partial charge is 0.368 e. The van der Waals surface area contributed by atoms with Gasteiger partial charge in [0.05, 0.1) is 0 Å². The Kier molecular flexibility index (Phi) is 6.93. The van der Waals surface area contributed by atoms with Gasteiger partial charge in [0.15, 0.2) is 5.69 Å². The fourth-order valence-corrected chi connectivity index (χ4v) is 1.54. The molecule has 0 spiro atoms. The van der Waals surface area contributed by atoms with Crippen molar-refractivity contribution in [3.05, 3.63) is 17.8 Å². The van der Waals surface area contributed by atoms with Crippen LogP contribution in [0.5, 0.6) is 0 Å². The second kappa shape index (κ2) is 8.47. The normalized spacial score (nSPS) is 10.9. The van der Waals surface area contributed by atoms with Gasteiger partial charge in [0.2, 0.25) is 0 Å². The van der Waals surface area contributed by atoms with Gasteiger partial charge in [-0.25, -0.2) is 0 Å². The Labute approximate surface area is 121 Å². The molecule has 1 rings (SSSR count). The second-order valence-corrected chi connectivity index (χ2v) is 5.49. The molecule has 112 valence electrons. The number of nitrogens with zero attached hydrogens (tertiary/aromatic N) is 3. The van der Waals surface area contributed by atoms with Crippen LogP contribution in [0.1, 0.15) is 30.8 Å². The third kappa shape index (κ3) is 6.47. The van der Waals surface area contributed by atoms with Gasteiger partial charge >= 0.3 is 0 Å². The lowest BCUT2D eigenvalue weighted by Gasteiger charge is -2.10. The summed E-state index contributed by atoms with van der Waals surface area (Å²) in [7, 11) is 4.02. The van der Waals surface area contributed by atoms with Crippen LogP contribution < -0.4 is 10.6 Å². The van der Waals surface area contributed by atoms with E-state index in [9.17, 15) is 4.79 Å². The summed E-state index contributed by atoms with van der Waals surface area (Å²) in [4.78, 5) is 13.9. The minimum absolute atomic E-state index is 0.174. The molecule has 0 bridgehead atoms. The Morgan fingerprint density at radius 1 is 1.30 bits per heavy atom. The molecule has 6 heteroatoms. The first-order valence-electron chi connectivity index (χ1n) is 6.99. The first kappa shape index (κ1) is 16.4. The van der Waals surface area contributed by atoms with E-state index in [2.05, 4.69) is 39.6 Å². The zero-order valence-electron chi connectivity index (χ0n) is 12.8. The maximum absolute atomic E-state index is 11.8. The fourth-order valence-electron chi connectivity index (χ4n) is 1.54. The second-order valence-electron chi connectivity index (χ2n) is 5.49. The molecule has 1 aromatic rings. The van der Waals surface area contributed by atoms with Crippen LogP contribution in [0.3, 0.4) is 0 Å². The Morgan fingerprint density at radius 3 is 2.60 bits per heavy atom. The summed E-state index contributed by atoms with van der Waals surface area (Å²) < 4.78 is 0. The maximum atomic E-state index is 11.8. The molecule has 0 unspecified atom stereocenters. The van der Waals surface area contributed by atoms with Crippen LogP contribution in [0.2, 0.25) is 0 Å². The first-order valence-corrected chi connectivity index (χ1v) is 6.99. The molecule has 6 nitrogen and oxygen atoms in total. The van der Waals surface area contributed by atoms with Crippen LogP contribution in [0.15, 0.2) is 12.1 Å². The molecular weight excluding hydrogens is 254 g/mol. The number of aromatic nitrogens is 2. The first-order chi connectivity index (χ1) is 9.49. The van der Waals surface area contributed by atoms with Crippen molar-refractivity contribution < 1.29 is 4.79 Å². The Balaban J connectivity index is 2.37. The highest BCUT2D eigenvalue weighted by atomic mass is 16.1. The van der Waals surface area contributed by atoms with E-state index in [1.165, 1.54) is 0 Å². The lowest BCUT2D eigenvalue weighted by atomic mass is 10.2. The third-order valence-electron chi connectivity index (χ3n) is 2.66. The zero-order chi connectivity index (χ0) is 15.0. The SMILES string of the molecule is CC(C)CNc1ccc(C(=O)NCCCN(C)C)nn1. The molecule has 0 atom stereocenters. The van der Waals surface area contributed by atoms with Gasteiger partial charge in [-0.3, -0.25) is 4.79 Å². The summed E-state index contributed by atoms with van der Waals surface area (Å²) in [6.07, 6.45) is 0.917. The molecule has 0 aliphatic rings. The standard InChI is InChI=1S/C14H25N5O/c1-11(2)10-16-13-7-6-12(17-18-13)14(20)15-8-5-9-19(3)4/h6-7,11H,5,8-10H2,1-4H3,(H,15,20)(H,16,18). The Morgan fingerprint density at radius 2 is 2.05 bits per heavy atom. The minimum Gasteiger partial charge on any atom is -0.368 e. The van der Waals surface area contributed by atoms with E-state index >= 15 is 0 Å². The number of amides is 1. The van der Waals surface area contributed by atoms with Gasteiger partial charge in [0, 0.05) is 13.1 Å². The van der Waals surface area contributed by atoms with E-state index < -0.39 is 0 Å². The quantitative estimate of drug-likeness (QED) is 0.700. The van der Waals surface area contributed by atoms with E-state index in [-0.39, 0.29) is 5.91 Å². The van der Waals surface area contributed by atoms with Crippen molar-refractivity contribution in [3.63, 3.8) is 0 Å². The highest BCUT2D eigenvalue weighted by Crippen LogP contribution is 2.03. The summed E-state index contributed by atoms with van der Waals surface area (Å²) in [6.45, 7) is 6.67. The number of hydrogen-bond donors (Lipinski definition) is 2. The van der Waals surface area contributed by atoms with Crippen molar-refractivity contribution in [3.8, 4) is 0 Å². The Bertz CT molecular complexity index is 403. The number of nitrogens with one attached hydrogen (secondary N) is 2. The van der Waals surface area contributed by atoms with Crippen molar-refractivity contribution in [1.29, 1.82) is 0 Å². The van der Waals surface area contributed by atoms with Gasteiger partial charge in [0.1, 0.15) is 5.82 Å². The summed E-state index contributed by atoms with van der Waals surface area (Å²) >= 11 is 0. The smallest absolute Gasteiger partial charge is 0.271 e. The Hall–Kier alpha value is -1.69. The number of hydrogen-bond acceptors (Lipinski definition) is 5. The summed E-state index contributed by atoms with van der Waals surface area (Å²) in [6, 6.07) is 3.47. The van der Waals surface area contributed by atoms with Crippen LogP contribution in [0, 0.1) is 5.92 Å². The van der Waals surface area contributed by atoms with Gasteiger partial charge in [0.25, 0.3) is 5.91 Å². The fraction of sp³-hybridized carbons (Fsp3) is 0.643. The molecule has 0 saturated carbocycles. The van der Waals surface area contributed by atoms with Gasteiger partial charge < -0.3 is 15.5 Å². The van der Waals surface area contributed by atoms with Crippen LogP contribution in [-0.2, 0) is 0 Å². The monoisotopic (exact) mass is 279 g/mol. The predicted molar refractivity (Wildman–Crippen MR) is 80.9 cm³/mol. The maximum Gasteiger partial charge on any atom is 0.271 e. The van der Waals surface area contributed by atoms with E-state index in [1.54, 1.807) is 12.1 Å². The summed E-state index contributed by atoms with van der Waals surface area (Å²) in [5, 5.41) is 13.9. The van der Waals surface area contributed by atoms with Gasteiger partial charge in [-0.15, -0.1) is 10.2 Å². The van der Waals surface area contributed by atoms with Gasteiger partial charge in [-0.1, -0.05) is 13.8 Å². The third-order valence-corrected chi connectivity index (χ3v) is 2.66. The molecule has 1 heterocycles. The lowest BCUT2D eigenvalue weighted by Crippen LogP contribution is -2.28. The van der Waals surface area contributed by atoms with E-state index in [4.69, 9.17) is 0 Å². The molecule has 20 heavy (non-hydrogen) atoms. The van der Waals surface area contributed by atoms with Crippen LogP contribution in [0.4, 0.5) is 5.82 Å². The van der Waals surface area contributed by atoms with Crippen molar-refractivity contribution in [2.45, 2.75) is 20.3 Å². The molecule has 0 aromatic carbocycles. The minimum atomic E-state index is -0.174. The van der Waals surface area contributed by atoms with Crippen molar-refractivity contribution >= 4 is 11.7 Å². The zero-order valence-corrected chi connectivity index (χ0v) is 12.8. The molecule has 0 saturated heterocycles. The summed E-state index contributed by atoms with van der Waals surface area (Å²) in [5.41, 5.74) is 0.352. The molecule has 0 aliphatic heterocycles. The average Bonchev–Trinajstić information content (AvgIpc) is 2.41. The highest BCUT2D eigenvalue weighted by Gasteiger charge is 2.07. The topological polar surface area (TPSA) is 70.2 Å². The number of rotatable bonds is 8. The van der Waals surface area contributed by atoms with Crippen LogP contribution in [0.25, 0.3) is 0 Å². The predicted octanol–water partition coefficient (Wildman–Crippen LogP) is 1.23. The number of anilines is 1. The van der Waals surface area contributed by atoms with Crippen LogP contribution >= 0.6 is 0 Å². The van der Waals surface area contributed by atoms with Crippen molar-refractivity contribution in [2.75, 3.05) is 39.0 Å². The summed E-state index contributed by atoms with van der Waals surface area (Å²) in [5.74, 6) is 1.06. The molecule has 0 aliphatic carbocycles. The number of carbonyl (C=O) groups is 1.